The summed E-state index contributed by atoms with van der Waals surface area (Å²) in [4.78, 5) is 13.0. The zero-order valence-corrected chi connectivity index (χ0v) is 18.1. The van der Waals surface area contributed by atoms with Gasteiger partial charge in [0.25, 0.3) is 0 Å². The standard InChI is InChI=1S/C23H25FN2O2S/c1-13(2)25-22(27)11-17-15(4)26(23(29)16-8-6-14(3)7-9-16)20-12-19(24)21(28-5)10-18(17)20/h6-10,12-13H,11H2,1-5H3,(H,25,27). The van der Waals surface area contributed by atoms with Crippen molar-refractivity contribution in [2.45, 2.75) is 40.2 Å². The minimum absolute atomic E-state index is 0.0387. The molecule has 1 aromatic heterocycles. The van der Waals surface area contributed by atoms with Gasteiger partial charge >= 0.3 is 0 Å². The Morgan fingerprint density at radius 2 is 1.86 bits per heavy atom. The maximum absolute atomic E-state index is 14.5. The molecule has 0 radical (unpaired) electrons. The topological polar surface area (TPSA) is 43.3 Å². The molecule has 6 heteroatoms. The second kappa shape index (κ2) is 8.33. The highest BCUT2D eigenvalue weighted by atomic mass is 32.1. The number of aromatic nitrogens is 1. The highest BCUT2D eigenvalue weighted by Crippen LogP contribution is 2.32. The van der Waals surface area contributed by atoms with Gasteiger partial charge in [0.1, 0.15) is 4.99 Å². The Kier molecular flexibility index (Phi) is 6.03. The minimum atomic E-state index is -0.469. The van der Waals surface area contributed by atoms with Gasteiger partial charge in [-0.1, -0.05) is 42.0 Å². The molecule has 3 aromatic rings. The van der Waals surface area contributed by atoms with Gasteiger partial charge < -0.3 is 14.6 Å². The predicted molar refractivity (Wildman–Crippen MR) is 118 cm³/mol. The number of thiocarbonyl (C=S) groups is 1. The summed E-state index contributed by atoms with van der Waals surface area (Å²) >= 11 is 5.76. The zero-order valence-electron chi connectivity index (χ0n) is 17.3. The molecule has 29 heavy (non-hydrogen) atoms. The van der Waals surface area contributed by atoms with E-state index >= 15 is 0 Å². The van der Waals surface area contributed by atoms with Crippen LogP contribution in [0, 0.1) is 19.7 Å². The Balaban J connectivity index is 2.20. The molecule has 0 spiro atoms. The van der Waals surface area contributed by atoms with Gasteiger partial charge in [0.2, 0.25) is 5.91 Å². The third kappa shape index (κ3) is 4.17. The van der Waals surface area contributed by atoms with Crippen LogP contribution in [0.2, 0.25) is 0 Å². The Bertz CT molecular complexity index is 1080. The monoisotopic (exact) mass is 412 g/mol. The number of hydrogen-bond acceptors (Lipinski definition) is 3. The lowest BCUT2D eigenvalue weighted by atomic mass is 10.1. The van der Waals surface area contributed by atoms with E-state index in [0.29, 0.717) is 10.5 Å². The first-order valence-electron chi connectivity index (χ1n) is 9.51. The largest absolute Gasteiger partial charge is 0.494 e. The molecular weight excluding hydrogens is 387 g/mol. The molecule has 4 nitrogen and oxygen atoms in total. The summed E-state index contributed by atoms with van der Waals surface area (Å²) in [6.07, 6.45) is 0.179. The van der Waals surface area contributed by atoms with Gasteiger partial charge in [-0.05, 0) is 39.3 Å². The third-order valence-corrected chi connectivity index (χ3v) is 5.32. The normalized spacial score (nSPS) is 11.1. The van der Waals surface area contributed by atoms with Crippen LogP contribution in [0.3, 0.4) is 0 Å². The van der Waals surface area contributed by atoms with Gasteiger partial charge in [0, 0.05) is 28.8 Å². The predicted octanol–water partition coefficient (Wildman–Crippen LogP) is 4.70. The van der Waals surface area contributed by atoms with Crippen LogP contribution in [0.25, 0.3) is 10.9 Å². The molecule has 0 fully saturated rings. The lowest BCUT2D eigenvalue weighted by Crippen LogP contribution is -2.31. The maximum Gasteiger partial charge on any atom is 0.224 e. The molecule has 0 saturated carbocycles. The fourth-order valence-corrected chi connectivity index (χ4v) is 3.85. The molecule has 152 valence electrons. The van der Waals surface area contributed by atoms with Crippen LogP contribution in [0.4, 0.5) is 4.39 Å². The smallest absolute Gasteiger partial charge is 0.224 e. The van der Waals surface area contributed by atoms with E-state index in [9.17, 15) is 9.18 Å². The van der Waals surface area contributed by atoms with Crippen molar-refractivity contribution in [3.05, 3.63) is 64.6 Å². The van der Waals surface area contributed by atoms with Crippen molar-refractivity contribution in [1.29, 1.82) is 0 Å². The van der Waals surface area contributed by atoms with Crippen LogP contribution < -0.4 is 10.1 Å². The van der Waals surface area contributed by atoms with E-state index in [1.807, 2.05) is 56.5 Å². The summed E-state index contributed by atoms with van der Waals surface area (Å²) < 4.78 is 21.5. The Morgan fingerprint density at radius 1 is 1.21 bits per heavy atom. The number of fused-ring (bicyclic) bond motifs is 1. The average Bonchev–Trinajstić information content (AvgIpc) is 2.91. The van der Waals surface area contributed by atoms with Crippen LogP contribution in [0.5, 0.6) is 5.75 Å². The molecule has 0 unspecified atom stereocenters. The lowest BCUT2D eigenvalue weighted by Gasteiger charge is -2.12. The van der Waals surface area contributed by atoms with Gasteiger partial charge in [0.15, 0.2) is 11.6 Å². The molecule has 2 aromatic carbocycles. The number of carbonyl (C=O) groups excluding carboxylic acids is 1. The van der Waals surface area contributed by atoms with E-state index in [-0.39, 0.29) is 24.1 Å². The number of nitrogens with one attached hydrogen (secondary N) is 1. The fraction of sp³-hybridized carbons (Fsp3) is 0.304. The molecule has 0 saturated heterocycles. The van der Waals surface area contributed by atoms with Crippen molar-refractivity contribution >= 4 is 34.0 Å². The first-order chi connectivity index (χ1) is 13.7. The summed E-state index contributed by atoms with van der Waals surface area (Å²) in [6, 6.07) is 11.0. The Morgan fingerprint density at radius 3 is 2.45 bits per heavy atom. The van der Waals surface area contributed by atoms with Crippen molar-refractivity contribution in [2.24, 2.45) is 0 Å². The van der Waals surface area contributed by atoms with Gasteiger partial charge in [-0.15, -0.1) is 0 Å². The highest BCUT2D eigenvalue weighted by molar-refractivity contribution is 7.80. The second-order valence-corrected chi connectivity index (χ2v) is 7.86. The van der Waals surface area contributed by atoms with Crippen molar-refractivity contribution in [3.8, 4) is 5.75 Å². The van der Waals surface area contributed by atoms with Gasteiger partial charge in [0.05, 0.1) is 19.0 Å². The van der Waals surface area contributed by atoms with E-state index < -0.39 is 5.82 Å². The number of amides is 1. The van der Waals surface area contributed by atoms with Crippen LogP contribution in [0.1, 0.15) is 36.2 Å². The Hall–Kier alpha value is -2.73. The van der Waals surface area contributed by atoms with E-state index in [2.05, 4.69) is 5.32 Å². The zero-order chi connectivity index (χ0) is 21.3. The number of halogens is 1. The number of carbonyl (C=O) groups is 1. The van der Waals surface area contributed by atoms with Crippen LogP contribution in [0.15, 0.2) is 36.4 Å². The van der Waals surface area contributed by atoms with Crippen molar-refractivity contribution in [2.75, 3.05) is 7.11 Å². The number of rotatable bonds is 5. The van der Waals surface area contributed by atoms with Gasteiger partial charge in [-0.3, -0.25) is 4.79 Å². The summed E-state index contributed by atoms with van der Waals surface area (Å²) in [6.45, 7) is 7.75. The molecular formula is C23H25FN2O2S. The van der Waals surface area contributed by atoms with E-state index in [1.165, 1.54) is 13.2 Å². The van der Waals surface area contributed by atoms with Crippen molar-refractivity contribution < 1.29 is 13.9 Å². The summed E-state index contributed by atoms with van der Waals surface area (Å²) in [5, 5.41) is 3.67. The van der Waals surface area contributed by atoms with Crippen molar-refractivity contribution in [3.63, 3.8) is 0 Å². The number of nitrogens with zero attached hydrogens (tertiary/aromatic N) is 1. The van der Waals surface area contributed by atoms with E-state index in [4.69, 9.17) is 17.0 Å². The first-order valence-corrected chi connectivity index (χ1v) is 9.92. The molecule has 0 aliphatic carbocycles. The van der Waals surface area contributed by atoms with Crippen LogP contribution in [-0.2, 0) is 11.2 Å². The summed E-state index contributed by atoms with van der Waals surface area (Å²) in [5.41, 5.74) is 4.24. The summed E-state index contributed by atoms with van der Waals surface area (Å²) in [7, 11) is 1.43. The van der Waals surface area contributed by atoms with E-state index in [0.717, 1.165) is 27.8 Å². The fourth-order valence-electron chi connectivity index (χ4n) is 3.48. The first kappa shape index (κ1) is 21.0. The van der Waals surface area contributed by atoms with Gasteiger partial charge in [-0.2, -0.15) is 0 Å². The van der Waals surface area contributed by atoms with Crippen molar-refractivity contribution in [1.82, 2.24) is 9.88 Å². The number of methoxy groups -OCH3 is 1. The lowest BCUT2D eigenvalue weighted by molar-refractivity contribution is -0.120. The van der Waals surface area contributed by atoms with Gasteiger partial charge in [-0.25, -0.2) is 4.39 Å². The van der Waals surface area contributed by atoms with Crippen LogP contribution >= 0.6 is 12.2 Å². The molecule has 0 atom stereocenters. The average molecular weight is 413 g/mol. The molecule has 0 aliphatic rings. The Labute approximate surface area is 175 Å². The number of benzene rings is 2. The maximum atomic E-state index is 14.5. The summed E-state index contributed by atoms with van der Waals surface area (Å²) in [5.74, 6) is -0.420. The van der Waals surface area contributed by atoms with Crippen LogP contribution in [-0.4, -0.2) is 28.6 Å². The molecule has 0 aliphatic heterocycles. The number of hydrogen-bond donors (Lipinski definition) is 1. The number of aryl methyl sites for hydroxylation is 1. The third-order valence-electron chi connectivity index (χ3n) is 4.90. The SMILES string of the molecule is COc1cc2c(CC(=O)NC(C)C)c(C)n(C(=S)c3ccc(C)cc3)c2cc1F. The van der Waals surface area contributed by atoms with E-state index in [1.54, 1.807) is 6.07 Å². The molecule has 1 N–H and O–H groups in total. The highest BCUT2D eigenvalue weighted by Gasteiger charge is 2.22. The second-order valence-electron chi connectivity index (χ2n) is 7.47. The quantitative estimate of drug-likeness (QED) is 0.618. The molecule has 1 amide bonds. The molecule has 0 bridgehead atoms. The number of ether oxygens (including phenoxy) is 1. The minimum Gasteiger partial charge on any atom is -0.494 e. The molecule has 3 rings (SSSR count). The molecule has 1 heterocycles.